The molecule has 6 nitrogen and oxygen atoms in total. The second kappa shape index (κ2) is 78.0. The van der Waals surface area contributed by atoms with Crippen molar-refractivity contribution in [3.63, 3.8) is 0 Å². The van der Waals surface area contributed by atoms with Gasteiger partial charge in [0, 0.05) is 12.8 Å². The molecule has 3 N–H and O–H groups in total. The molecule has 0 heterocycles. The van der Waals surface area contributed by atoms with Crippen molar-refractivity contribution in [2.24, 2.45) is 0 Å². The first-order valence-corrected chi connectivity index (χ1v) is 40.9. The van der Waals surface area contributed by atoms with Gasteiger partial charge in [0.2, 0.25) is 5.91 Å². The van der Waals surface area contributed by atoms with E-state index in [-0.39, 0.29) is 18.5 Å². The fourth-order valence-corrected chi connectivity index (χ4v) is 13.3. The molecule has 0 bridgehead atoms. The van der Waals surface area contributed by atoms with Crippen molar-refractivity contribution in [3.05, 3.63) is 12.2 Å². The molecule has 0 rings (SSSR count). The summed E-state index contributed by atoms with van der Waals surface area (Å²) in [5, 5.41) is 23.5. The smallest absolute Gasteiger partial charge is 0.305 e. The Hall–Kier alpha value is -1.40. The maximum Gasteiger partial charge on any atom is 0.305 e. The van der Waals surface area contributed by atoms with Gasteiger partial charge in [0.25, 0.3) is 0 Å². The highest BCUT2D eigenvalue weighted by atomic mass is 16.5. The van der Waals surface area contributed by atoms with E-state index >= 15 is 0 Å². The maximum atomic E-state index is 12.6. The average molecular weight is 1240 g/mol. The van der Waals surface area contributed by atoms with Crippen LogP contribution in [0.25, 0.3) is 0 Å². The quantitative estimate of drug-likeness (QED) is 0.0320. The Morgan fingerprint density at radius 2 is 0.534 bits per heavy atom. The zero-order chi connectivity index (χ0) is 63.5. The largest absolute Gasteiger partial charge is 0.466 e. The Morgan fingerprint density at radius 3 is 0.807 bits per heavy atom. The minimum Gasteiger partial charge on any atom is -0.466 e. The Morgan fingerprint density at radius 1 is 0.307 bits per heavy atom. The summed E-state index contributed by atoms with van der Waals surface area (Å²) in [6.45, 7) is 5.02. The third-order valence-corrected chi connectivity index (χ3v) is 19.6. The summed E-state index contributed by atoms with van der Waals surface area (Å²) < 4.78 is 5.51. The van der Waals surface area contributed by atoms with Crippen LogP contribution in [0, 0.1) is 0 Å². The van der Waals surface area contributed by atoms with Gasteiger partial charge in [-0.2, -0.15) is 0 Å². The molecular formula is C82H161NO5. The number of ether oxygens (including phenoxy) is 1. The Labute approximate surface area is 552 Å². The fraction of sp³-hybridized carbons (Fsp3) is 0.951. The molecule has 0 fully saturated rings. The number of carbonyl (C=O) groups is 2. The summed E-state index contributed by atoms with van der Waals surface area (Å²) in [5.41, 5.74) is 0. The van der Waals surface area contributed by atoms with E-state index in [0.717, 1.165) is 38.5 Å². The molecule has 0 aromatic carbocycles. The van der Waals surface area contributed by atoms with Crippen LogP contribution in [-0.4, -0.2) is 47.4 Å². The normalized spacial score (nSPS) is 12.5. The molecule has 0 saturated heterocycles. The summed E-state index contributed by atoms with van der Waals surface area (Å²) in [6, 6.07) is -0.540. The van der Waals surface area contributed by atoms with Crippen molar-refractivity contribution in [2.75, 3.05) is 13.2 Å². The predicted octanol–water partition coefficient (Wildman–Crippen LogP) is 27.1. The van der Waals surface area contributed by atoms with E-state index in [4.69, 9.17) is 4.74 Å². The summed E-state index contributed by atoms with van der Waals surface area (Å²) >= 11 is 0. The van der Waals surface area contributed by atoms with E-state index in [2.05, 4.69) is 31.3 Å². The molecule has 6 heteroatoms. The number of allylic oxidation sites excluding steroid dienone is 2. The minimum absolute atomic E-state index is 0.0236. The molecule has 0 aromatic heterocycles. The molecule has 1 amide bonds. The van der Waals surface area contributed by atoms with Gasteiger partial charge in [-0.15, -0.1) is 0 Å². The first-order valence-electron chi connectivity index (χ1n) is 40.9. The van der Waals surface area contributed by atoms with E-state index in [0.29, 0.717) is 25.9 Å². The van der Waals surface area contributed by atoms with E-state index in [1.165, 1.54) is 405 Å². The van der Waals surface area contributed by atoms with Crippen LogP contribution in [0.15, 0.2) is 12.2 Å². The fourth-order valence-electron chi connectivity index (χ4n) is 13.3. The molecule has 0 saturated carbocycles. The van der Waals surface area contributed by atoms with Gasteiger partial charge in [-0.25, -0.2) is 0 Å². The third kappa shape index (κ3) is 73.6. The highest BCUT2D eigenvalue weighted by Crippen LogP contribution is 2.21. The molecule has 88 heavy (non-hydrogen) atoms. The highest BCUT2D eigenvalue weighted by molar-refractivity contribution is 5.76. The first-order chi connectivity index (χ1) is 43.5. The van der Waals surface area contributed by atoms with Crippen LogP contribution in [0.4, 0.5) is 0 Å². The van der Waals surface area contributed by atoms with Crippen molar-refractivity contribution in [2.45, 2.75) is 488 Å². The standard InChI is InChI=1S/C82H161NO5/c1-3-5-7-9-11-13-15-17-19-21-22-23-37-40-43-46-50-54-58-62-66-70-74-80(85)79(78-84)83-81(86)75-71-67-63-59-55-51-47-44-41-38-35-33-31-29-27-25-24-26-28-30-32-34-36-39-42-45-49-53-57-61-65-69-73-77-88-82(87)76-72-68-64-60-56-52-48-20-18-16-14-12-10-8-6-4-2/h28,30,79-80,84-85H,3-27,29,31-78H2,1-2H3,(H,83,86)/b30-28-. The number of hydrogen-bond donors (Lipinski definition) is 3. The lowest BCUT2D eigenvalue weighted by atomic mass is 10.0. The topological polar surface area (TPSA) is 95.9 Å². The van der Waals surface area contributed by atoms with Gasteiger partial charge >= 0.3 is 5.97 Å². The van der Waals surface area contributed by atoms with Gasteiger partial charge in [-0.3, -0.25) is 9.59 Å². The molecule has 0 aliphatic heterocycles. The van der Waals surface area contributed by atoms with Crippen LogP contribution in [-0.2, 0) is 14.3 Å². The molecule has 0 radical (unpaired) electrons. The SMILES string of the molecule is CCCCCCCCCCCCCCCCCCCCCCCCC(O)C(CO)NC(=O)CCCCCCCCCCCCCCCCCCC/C=C\CCCCCCCCCCCCCCOC(=O)CCCCCCCCCCCCCCCCCC. The lowest BCUT2D eigenvalue weighted by molar-refractivity contribution is -0.143. The van der Waals surface area contributed by atoms with Crippen molar-refractivity contribution < 1.29 is 24.5 Å². The van der Waals surface area contributed by atoms with Crippen molar-refractivity contribution in [3.8, 4) is 0 Å². The van der Waals surface area contributed by atoms with Crippen LogP contribution < -0.4 is 5.32 Å². The minimum atomic E-state index is -0.663. The van der Waals surface area contributed by atoms with Crippen molar-refractivity contribution in [1.82, 2.24) is 5.32 Å². The number of aliphatic hydroxyl groups excluding tert-OH is 2. The predicted molar refractivity (Wildman–Crippen MR) is 389 cm³/mol. The Balaban J connectivity index is 3.34. The number of hydrogen-bond acceptors (Lipinski definition) is 5. The van der Waals surface area contributed by atoms with Crippen LogP contribution in [0.1, 0.15) is 476 Å². The lowest BCUT2D eigenvalue weighted by Gasteiger charge is -2.22. The van der Waals surface area contributed by atoms with Crippen molar-refractivity contribution in [1.29, 1.82) is 0 Å². The molecule has 0 aliphatic carbocycles. The molecular weight excluding hydrogens is 1080 g/mol. The monoisotopic (exact) mass is 1240 g/mol. The van der Waals surface area contributed by atoms with E-state index in [1.807, 2.05) is 0 Å². The zero-order valence-corrected chi connectivity index (χ0v) is 60.3. The number of amides is 1. The summed E-state index contributed by atoms with van der Waals surface area (Å²) in [4.78, 5) is 24.7. The molecule has 0 aromatic rings. The summed E-state index contributed by atoms with van der Waals surface area (Å²) in [5.74, 6) is -0.00229. The van der Waals surface area contributed by atoms with Gasteiger partial charge < -0.3 is 20.3 Å². The van der Waals surface area contributed by atoms with Gasteiger partial charge in [-0.1, -0.05) is 424 Å². The lowest BCUT2D eigenvalue weighted by Crippen LogP contribution is -2.45. The van der Waals surface area contributed by atoms with Gasteiger partial charge in [-0.05, 0) is 51.4 Å². The van der Waals surface area contributed by atoms with Gasteiger partial charge in [0.05, 0.1) is 25.4 Å². The van der Waals surface area contributed by atoms with Crippen LogP contribution in [0.2, 0.25) is 0 Å². The third-order valence-electron chi connectivity index (χ3n) is 19.6. The van der Waals surface area contributed by atoms with Gasteiger partial charge in [0.15, 0.2) is 0 Å². The molecule has 2 atom stereocenters. The molecule has 0 spiro atoms. The van der Waals surface area contributed by atoms with E-state index in [9.17, 15) is 19.8 Å². The molecule has 2 unspecified atom stereocenters. The Bertz CT molecular complexity index is 1340. The van der Waals surface area contributed by atoms with Crippen LogP contribution >= 0.6 is 0 Å². The number of rotatable bonds is 78. The number of carbonyl (C=O) groups excluding carboxylic acids is 2. The Kier molecular flexibility index (Phi) is 76.8. The second-order valence-electron chi connectivity index (χ2n) is 28.5. The first kappa shape index (κ1) is 86.6. The highest BCUT2D eigenvalue weighted by Gasteiger charge is 2.20. The zero-order valence-electron chi connectivity index (χ0n) is 60.3. The van der Waals surface area contributed by atoms with Crippen LogP contribution in [0.3, 0.4) is 0 Å². The number of esters is 1. The summed E-state index contributed by atoms with van der Waals surface area (Å²) in [7, 11) is 0. The molecule has 524 valence electrons. The van der Waals surface area contributed by atoms with Crippen molar-refractivity contribution >= 4 is 11.9 Å². The molecule has 0 aliphatic rings. The van der Waals surface area contributed by atoms with Crippen LogP contribution in [0.5, 0.6) is 0 Å². The number of unbranched alkanes of at least 4 members (excludes halogenated alkanes) is 65. The number of nitrogens with one attached hydrogen (secondary N) is 1. The van der Waals surface area contributed by atoms with E-state index in [1.54, 1.807) is 0 Å². The van der Waals surface area contributed by atoms with E-state index < -0.39 is 12.1 Å². The summed E-state index contributed by atoms with van der Waals surface area (Å²) in [6.07, 6.45) is 98.9. The number of aliphatic hydroxyl groups is 2. The maximum absolute atomic E-state index is 12.6. The second-order valence-corrected chi connectivity index (χ2v) is 28.5. The van der Waals surface area contributed by atoms with Gasteiger partial charge in [0.1, 0.15) is 0 Å². The average Bonchev–Trinajstić information content (AvgIpc) is 3.58.